The number of ether oxygens (including phenoxy) is 1. The van der Waals surface area contributed by atoms with Crippen molar-refractivity contribution in [3.05, 3.63) is 0 Å². The van der Waals surface area contributed by atoms with Gasteiger partial charge in [0.25, 0.3) is 0 Å². The number of hydrogen-bond donors (Lipinski definition) is 1. The summed E-state index contributed by atoms with van der Waals surface area (Å²) in [7, 11) is -3.13. The largest absolute Gasteiger partial charge is 0.444 e. The third-order valence-corrected chi connectivity index (χ3v) is 4.38. The summed E-state index contributed by atoms with van der Waals surface area (Å²) >= 11 is 0. The zero-order chi connectivity index (χ0) is 12.2. The number of alkyl carbamates (subject to hydrolysis) is 1. The molecule has 0 unspecified atom stereocenters. The van der Waals surface area contributed by atoms with Crippen molar-refractivity contribution in [1.82, 2.24) is 5.32 Å². The molecule has 0 bridgehead atoms. The van der Waals surface area contributed by atoms with E-state index < -0.39 is 13.7 Å². The Hall–Kier alpha value is -0.580. The van der Waals surface area contributed by atoms with Crippen LogP contribution < -0.4 is 5.32 Å². The van der Waals surface area contributed by atoms with E-state index in [1.165, 1.54) is 0 Å². The first-order valence-corrected chi connectivity index (χ1v) is 7.08. The first-order valence-electron chi connectivity index (χ1n) is 5.36. The lowest BCUT2D eigenvalue weighted by Gasteiger charge is -2.21. The number of carbonyl (C=O) groups is 1. The lowest BCUT2D eigenvalue weighted by Crippen LogP contribution is -2.34. The standard InChI is InChI=1S/C9H18NO5P/c1-4-13-16(12,14-5-2)6-8-7(3)15-9(11)10-8/h7-8H,4-6H2,1-3H3,(H,10,11)/t7-,8-/m0/s1. The second kappa shape index (κ2) is 5.66. The van der Waals surface area contributed by atoms with E-state index in [0.29, 0.717) is 13.2 Å². The molecular formula is C9H18NO5P. The van der Waals surface area contributed by atoms with Crippen molar-refractivity contribution in [2.24, 2.45) is 0 Å². The lowest BCUT2D eigenvalue weighted by molar-refractivity contribution is 0.141. The number of rotatable bonds is 6. The molecule has 0 saturated carbocycles. The van der Waals surface area contributed by atoms with Crippen LogP contribution in [0.15, 0.2) is 0 Å². The Morgan fingerprint density at radius 3 is 2.31 bits per heavy atom. The lowest BCUT2D eigenvalue weighted by atomic mass is 10.2. The van der Waals surface area contributed by atoms with Crippen LogP contribution in [0.2, 0.25) is 0 Å². The van der Waals surface area contributed by atoms with Gasteiger partial charge < -0.3 is 19.1 Å². The molecule has 1 heterocycles. The summed E-state index contributed by atoms with van der Waals surface area (Å²) in [6.07, 6.45) is -0.666. The minimum Gasteiger partial charge on any atom is -0.444 e. The van der Waals surface area contributed by atoms with E-state index in [1.807, 2.05) is 0 Å². The normalized spacial score (nSPS) is 25.3. The Labute approximate surface area is 95.2 Å². The van der Waals surface area contributed by atoms with E-state index in [1.54, 1.807) is 20.8 Å². The fourth-order valence-electron chi connectivity index (χ4n) is 1.52. The predicted octanol–water partition coefficient (Wildman–Crippen LogP) is 1.75. The highest BCUT2D eigenvalue weighted by Crippen LogP contribution is 2.49. The van der Waals surface area contributed by atoms with Crippen LogP contribution in [0.5, 0.6) is 0 Å². The topological polar surface area (TPSA) is 73.9 Å². The third kappa shape index (κ3) is 3.47. The average Bonchev–Trinajstić information content (AvgIpc) is 2.45. The van der Waals surface area contributed by atoms with Crippen LogP contribution in [-0.2, 0) is 18.3 Å². The highest BCUT2D eigenvalue weighted by molar-refractivity contribution is 7.53. The third-order valence-electron chi connectivity index (χ3n) is 2.23. The summed E-state index contributed by atoms with van der Waals surface area (Å²) < 4.78 is 27.3. The van der Waals surface area contributed by atoms with Gasteiger partial charge in [-0.05, 0) is 20.8 Å². The molecule has 1 aliphatic heterocycles. The minimum atomic E-state index is -3.13. The molecule has 1 fully saturated rings. The molecule has 1 rings (SSSR count). The molecule has 0 aliphatic carbocycles. The van der Waals surface area contributed by atoms with Crippen LogP contribution in [0.3, 0.4) is 0 Å². The fourth-order valence-corrected chi connectivity index (χ4v) is 3.47. The average molecular weight is 251 g/mol. The molecule has 0 spiro atoms. The molecule has 1 amide bonds. The zero-order valence-corrected chi connectivity index (χ0v) is 10.7. The maximum Gasteiger partial charge on any atom is 0.407 e. The first kappa shape index (κ1) is 13.5. The Balaban J connectivity index is 2.61. The molecule has 2 atom stereocenters. The van der Waals surface area contributed by atoms with Gasteiger partial charge in [0, 0.05) is 0 Å². The van der Waals surface area contributed by atoms with E-state index in [4.69, 9.17) is 13.8 Å². The molecule has 94 valence electrons. The summed E-state index contributed by atoms with van der Waals surface area (Å²) in [5, 5.41) is 2.58. The van der Waals surface area contributed by atoms with Gasteiger partial charge in [0.05, 0.1) is 25.4 Å². The zero-order valence-electron chi connectivity index (χ0n) is 9.76. The van der Waals surface area contributed by atoms with Crippen molar-refractivity contribution >= 4 is 13.7 Å². The van der Waals surface area contributed by atoms with Gasteiger partial charge in [0.2, 0.25) is 0 Å². The molecule has 0 aromatic rings. The van der Waals surface area contributed by atoms with Gasteiger partial charge in [-0.15, -0.1) is 0 Å². The quantitative estimate of drug-likeness (QED) is 0.728. The number of carbonyl (C=O) groups excluding carboxylic acids is 1. The van der Waals surface area contributed by atoms with Crippen molar-refractivity contribution in [2.75, 3.05) is 19.4 Å². The van der Waals surface area contributed by atoms with Crippen molar-refractivity contribution in [2.45, 2.75) is 32.9 Å². The number of amides is 1. The van der Waals surface area contributed by atoms with Gasteiger partial charge in [-0.2, -0.15) is 0 Å². The highest BCUT2D eigenvalue weighted by Gasteiger charge is 2.37. The molecule has 1 saturated heterocycles. The van der Waals surface area contributed by atoms with Gasteiger partial charge in [-0.25, -0.2) is 4.79 Å². The van der Waals surface area contributed by atoms with Gasteiger partial charge in [-0.3, -0.25) is 4.57 Å². The molecule has 0 radical (unpaired) electrons. The summed E-state index contributed by atoms with van der Waals surface area (Å²) in [6.45, 7) is 5.86. The Morgan fingerprint density at radius 1 is 1.38 bits per heavy atom. The van der Waals surface area contributed by atoms with E-state index in [0.717, 1.165) is 0 Å². The van der Waals surface area contributed by atoms with Crippen molar-refractivity contribution < 1.29 is 23.1 Å². The minimum absolute atomic E-state index is 0.140. The van der Waals surface area contributed by atoms with Gasteiger partial charge in [-0.1, -0.05) is 0 Å². The molecule has 7 heteroatoms. The molecule has 1 N–H and O–H groups in total. The molecule has 1 aliphatic rings. The maximum atomic E-state index is 12.2. The smallest absolute Gasteiger partial charge is 0.407 e. The van der Waals surface area contributed by atoms with Gasteiger partial charge in [0.15, 0.2) is 0 Å². The maximum absolute atomic E-state index is 12.2. The van der Waals surface area contributed by atoms with E-state index in [2.05, 4.69) is 5.32 Å². The predicted molar refractivity (Wildman–Crippen MR) is 58.6 cm³/mol. The Morgan fingerprint density at radius 2 is 1.94 bits per heavy atom. The number of nitrogens with one attached hydrogen (secondary N) is 1. The first-order chi connectivity index (χ1) is 7.50. The second-order valence-corrected chi connectivity index (χ2v) is 5.59. The number of cyclic esters (lactones) is 1. The summed E-state index contributed by atoms with van der Waals surface area (Å²) in [5.41, 5.74) is 0. The Kier molecular flexibility index (Phi) is 4.77. The molecule has 0 aromatic heterocycles. The van der Waals surface area contributed by atoms with Crippen LogP contribution >= 0.6 is 7.60 Å². The summed E-state index contributed by atoms with van der Waals surface area (Å²) in [6, 6.07) is -0.323. The SMILES string of the molecule is CCOP(=O)(C[C@@H]1NC(=O)O[C@H]1C)OCC. The molecule has 6 nitrogen and oxygen atoms in total. The number of hydrogen-bond acceptors (Lipinski definition) is 5. The van der Waals surface area contributed by atoms with E-state index in [9.17, 15) is 9.36 Å². The molecule has 16 heavy (non-hydrogen) atoms. The van der Waals surface area contributed by atoms with Gasteiger partial charge >= 0.3 is 13.7 Å². The summed E-state index contributed by atoms with van der Waals surface area (Å²) in [5.74, 6) is 0. The molecular weight excluding hydrogens is 233 g/mol. The van der Waals surface area contributed by atoms with Crippen molar-refractivity contribution in [3.63, 3.8) is 0 Å². The Bertz CT molecular complexity index is 286. The van der Waals surface area contributed by atoms with Crippen molar-refractivity contribution in [3.8, 4) is 0 Å². The van der Waals surface area contributed by atoms with E-state index >= 15 is 0 Å². The summed E-state index contributed by atoms with van der Waals surface area (Å²) in [4.78, 5) is 11.0. The van der Waals surface area contributed by atoms with E-state index in [-0.39, 0.29) is 18.3 Å². The van der Waals surface area contributed by atoms with Crippen LogP contribution in [0, 0.1) is 0 Å². The van der Waals surface area contributed by atoms with Crippen LogP contribution in [0.4, 0.5) is 4.79 Å². The van der Waals surface area contributed by atoms with Crippen LogP contribution in [0.25, 0.3) is 0 Å². The van der Waals surface area contributed by atoms with Crippen LogP contribution in [-0.4, -0.2) is 37.6 Å². The van der Waals surface area contributed by atoms with Gasteiger partial charge in [0.1, 0.15) is 6.10 Å². The fraction of sp³-hybridized carbons (Fsp3) is 0.889. The van der Waals surface area contributed by atoms with Crippen molar-refractivity contribution in [1.29, 1.82) is 0 Å². The highest BCUT2D eigenvalue weighted by atomic mass is 31.2. The second-order valence-electron chi connectivity index (χ2n) is 3.49. The molecule has 0 aromatic carbocycles. The van der Waals surface area contributed by atoms with Crippen LogP contribution in [0.1, 0.15) is 20.8 Å². The monoisotopic (exact) mass is 251 g/mol.